The molecule has 4 atom stereocenters. The van der Waals surface area contributed by atoms with Gasteiger partial charge in [0.15, 0.2) is 35.1 Å². The number of carbonyl (C=O) groups excluding carboxylic acids is 4. The van der Waals surface area contributed by atoms with E-state index in [4.69, 9.17) is 14.2 Å². The lowest BCUT2D eigenvalue weighted by Gasteiger charge is -2.51. The molecule has 0 unspecified atom stereocenters. The molecule has 1 aromatic heterocycles. The Kier molecular flexibility index (Phi) is 6.60. The van der Waals surface area contributed by atoms with Crippen LogP contribution in [-0.2, 0) is 40.4 Å². The van der Waals surface area contributed by atoms with Crippen LogP contribution in [0.2, 0.25) is 0 Å². The fourth-order valence-electron chi connectivity index (χ4n) is 4.01. The van der Waals surface area contributed by atoms with Crippen LogP contribution in [0.1, 0.15) is 27.7 Å². The number of nitrogens with zero attached hydrogens (tertiary/aromatic N) is 4. The van der Waals surface area contributed by atoms with Gasteiger partial charge in [-0.1, -0.05) is 11.8 Å². The molecule has 0 bridgehead atoms. The van der Waals surface area contributed by atoms with E-state index in [1.54, 1.807) is 6.26 Å². The van der Waals surface area contributed by atoms with Crippen molar-refractivity contribution in [3.8, 4) is 0 Å². The third-order valence-electron chi connectivity index (χ3n) is 5.14. The van der Waals surface area contributed by atoms with Crippen LogP contribution >= 0.6 is 11.8 Å². The molecule has 12 nitrogen and oxygen atoms in total. The Labute approximate surface area is 187 Å². The second-order valence-corrected chi connectivity index (χ2v) is 8.12. The maximum atomic E-state index is 13.3. The van der Waals surface area contributed by atoms with E-state index in [-0.39, 0.29) is 18.1 Å². The topological polar surface area (TPSA) is 137 Å². The lowest BCUT2D eigenvalue weighted by molar-refractivity contribution is -0.193. The van der Waals surface area contributed by atoms with E-state index in [0.717, 1.165) is 11.8 Å². The molecule has 2 aliphatic heterocycles. The smallest absolute Gasteiger partial charge is 0.303 e. The summed E-state index contributed by atoms with van der Waals surface area (Å²) in [5, 5.41) is 0.326. The van der Waals surface area contributed by atoms with Crippen molar-refractivity contribution in [1.29, 1.82) is 0 Å². The number of hydrogen-bond donors (Lipinski definition) is 0. The molecule has 0 spiro atoms. The number of fused-ring (bicyclic) bond motifs is 2. The largest absolute Gasteiger partial charge is 0.456 e. The van der Waals surface area contributed by atoms with Gasteiger partial charge in [-0.3, -0.25) is 38.3 Å². The molecule has 0 saturated carbocycles. The Morgan fingerprint density at radius 3 is 2.12 bits per heavy atom. The van der Waals surface area contributed by atoms with Crippen molar-refractivity contribution in [2.45, 2.75) is 57.3 Å². The van der Waals surface area contributed by atoms with E-state index in [2.05, 4.69) is 4.98 Å². The molecule has 0 aliphatic carbocycles. The Morgan fingerprint density at radius 2 is 1.62 bits per heavy atom. The highest BCUT2D eigenvalue weighted by molar-refractivity contribution is 7.98. The Balaban J connectivity index is 2.30. The van der Waals surface area contributed by atoms with Crippen molar-refractivity contribution in [3.05, 3.63) is 10.4 Å². The number of carbonyl (C=O) groups is 4. The third-order valence-corrected chi connectivity index (χ3v) is 5.87. The first kappa shape index (κ1) is 23.7. The zero-order chi connectivity index (χ0) is 23.9. The highest BCUT2D eigenvalue weighted by atomic mass is 32.2. The molecule has 0 aromatic carbocycles. The summed E-state index contributed by atoms with van der Waals surface area (Å²) in [6.07, 6.45) is -1.66. The number of hydrogen-bond acceptors (Lipinski definition) is 10. The Morgan fingerprint density at radius 1 is 1.03 bits per heavy atom. The summed E-state index contributed by atoms with van der Waals surface area (Å²) < 4.78 is 17.8. The van der Waals surface area contributed by atoms with Gasteiger partial charge in [0.25, 0.3) is 5.56 Å². The lowest BCUT2D eigenvalue weighted by atomic mass is 9.95. The molecule has 1 saturated heterocycles. The van der Waals surface area contributed by atoms with Gasteiger partial charge < -0.3 is 14.2 Å². The molecule has 2 aliphatic rings. The lowest BCUT2D eigenvalue weighted by Crippen LogP contribution is -2.71. The summed E-state index contributed by atoms with van der Waals surface area (Å²) in [6.45, 7) is 4.64. The minimum Gasteiger partial charge on any atom is -0.456 e. The van der Waals surface area contributed by atoms with E-state index in [0.29, 0.717) is 5.16 Å². The fourth-order valence-corrected chi connectivity index (χ4v) is 4.54. The van der Waals surface area contributed by atoms with Crippen molar-refractivity contribution in [2.75, 3.05) is 22.7 Å². The minimum atomic E-state index is -1.20. The first-order valence-corrected chi connectivity index (χ1v) is 10.9. The van der Waals surface area contributed by atoms with Crippen LogP contribution in [0.5, 0.6) is 0 Å². The number of thioether (sulfide) groups is 1. The zero-order valence-electron chi connectivity index (χ0n) is 18.5. The van der Waals surface area contributed by atoms with E-state index in [1.165, 1.54) is 49.0 Å². The normalized spacial score (nSPS) is 24.3. The molecule has 32 heavy (non-hydrogen) atoms. The maximum Gasteiger partial charge on any atom is 0.303 e. The molecule has 1 aromatic rings. The molecular formula is C19H24N4O8S. The van der Waals surface area contributed by atoms with Crippen molar-refractivity contribution >= 4 is 47.0 Å². The van der Waals surface area contributed by atoms with E-state index >= 15 is 0 Å². The van der Waals surface area contributed by atoms with Gasteiger partial charge in [-0.2, -0.15) is 0 Å². The van der Waals surface area contributed by atoms with Crippen LogP contribution < -0.4 is 15.4 Å². The van der Waals surface area contributed by atoms with Gasteiger partial charge in [-0.25, -0.2) is 4.98 Å². The summed E-state index contributed by atoms with van der Waals surface area (Å²) in [5.41, 5.74) is -0.728. The van der Waals surface area contributed by atoms with Gasteiger partial charge in [0.2, 0.25) is 11.8 Å². The molecule has 2 amide bonds. The zero-order valence-corrected chi connectivity index (χ0v) is 19.3. The summed E-state index contributed by atoms with van der Waals surface area (Å²) in [7, 11) is 1.49. The van der Waals surface area contributed by atoms with Crippen LogP contribution in [0.15, 0.2) is 9.95 Å². The molecule has 174 valence electrons. The predicted molar refractivity (Wildman–Crippen MR) is 112 cm³/mol. The molecule has 0 radical (unpaired) electrons. The van der Waals surface area contributed by atoms with E-state index in [1.807, 2.05) is 0 Å². The van der Waals surface area contributed by atoms with Gasteiger partial charge in [0.1, 0.15) is 6.04 Å². The van der Waals surface area contributed by atoms with Crippen molar-refractivity contribution in [1.82, 2.24) is 9.55 Å². The average Bonchev–Trinajstić information content (AvgIpc) is 2.69. The summed E-state index contributed by atoms with van der Waals surface area (Å²) in [6, 6.07) is -1.15. The first-order valence-electron chi connectivity index (χ1n) is 9.70. The van der Waals surface area contributed by atoms with Crippen molar-refractivity contribution < 1.29 is 33.4 Å². The van der Waals surface area contributed by atoms with Crippen LogP contribution in [0.4, 0.5) is 11.5 Å². The second-order valence-electron chi connectivity index (χ2n) is 7.35. The highest BCUT2D eigenvalue weighted by Gasteiger charge is 2.56. The molecule has 3 rings (SSSR count). The number of aromatic nitrogens is 2. The first-order chi connectivity index (χ1) is 15.0. The number of anilines is 2. The number of amides is 2. The van der Waals surface area contributed by atoms with E-state index < -0.39 is 53.8 Å². The molecular weight excluding hydrogens is 444 g/mol. The Hall–Kier alpha value is -2.93. The van der Waals surface area contributed by atoms with Crippen LogP contribution in [0.3, 0.4) is 0 Å². The quantitative estimate of drug-likeness (QED) is 0.333. The minimum absolute atomic E-state index is 0.0334. The standard InChI is InChI=1S/C19H24N4O8S/c1-8(24)22-13-15(31-11(4)27)12(30-10(3)26)7-29-18(13)23(9(2)25)16-14(22)17(28)21(5)19(20-16)32-6/h12-13,15,18H,7H2,1-6H3/t12-,13+,15-,18-/m1/s1. The summed E-state index contributed by atoms with van der Waals surface area (Å²) in [4.78, 5) is 69.0. The van der Waals surface area contributed by atoms with Crippen molar-refractivity contribution in [3.63, 3.8) is 0 Å². The Bertz CT molecular complexity index is 1040. The monoisotopic (exact) mass is 468 g/mol. The molecule has 3 heterocycles. The fraction of sp³-hybridized carbons (Fsp3) is 0.579. The number of ether oxygens (including phenoxy) is 3. The van der Waals surface area contributed by atoms with Gasteiger partial charge in [-0.15, -0.1) is 0 Å². The number of rotatable bonds is 3. The SMILES string of the molecule is CSc1nc2c(c(=O)n1C)N(C(C)=O)[C@H]1[C@H](OC(C)=O)[C@H](OC(C)=O)CO[C@H]1N2C(C)=O. The third kappa shape index (κ3) is 3.97. The van der Waals surface area contributed by atoms with Gasteiger partial charge >= 0.3 is 11.9 Å². The molecule has 13 heteroatoms. The van der Waals surface area contributed by atoms with Crippen LogP contribution in [0, 0.1) is 0 Å². The summed E-state index contributed by atoms with van der Waals surface area (Å²) in [5.74, 6) is -2.44. The van der Waals surface area contributed by atoms with Crippen molar-refractivity contribution in [2.24, 2.45) is 7.05 Å². The highest BCUT2D eigenvalue weighted by Crippen LogP contribution is 2.40. The molecule has 0 N–H and O–H groups in total. The van der Waals surface area contributed by atoms with Crippen LogP contribution in [-0.4, -0.2) is 70.6 Å². The van der Waals surface area contributed by atoms with Crippen LogP contribution in [0.25, 0.3) is 0 Å². The van der Waals surface area contributed by atoms with Gasteiger partial charge in [0.05, 0.1) is 6.61 Å². The maximum absolute atomic E-state index is 13.3. The number of esters is 2. The molecule has 1 fully saturated rings. The van der Waals surface area contributed by atoms with Gasteiger partial charge in [0, 0.05) is 34.7 Å². The van der Waals surface area contributed by atoms with Gasteiger partial charge in [-0.05, 0) is 6.26 Å². The van der Waals surface area contributed by atoms with E-state index in [9.17, 15) is 24.0 Å². The summed E-state index contributed by atoms with van der Waals surface area (Å²) >= 11 is 1.19. The predicted octanol–water partition coefficient (Wildman–Crippen LogP) is -0.190. The average molecular weight is 468 g/mol. The second kappa shape index (κ2) is 8.90.